The van der Waals surface area contributed by atoms with E-state index in [1.165, 1.54) is 32.0 Å². The molecule has 0 saturated carbocycles. The van der Waals surface area contributed by atoms with Gasteiger partial charge in [-0.05, 0) is 38.0 Å². The minimum Gasteiger partial charge on any atom is -0.480 e. The lowest BCUT2D eigenvalue weighted by molar-refractivity contribution is -0.141. The summed E-state index contributed by atoms with van der Waals surface area (Å²) in [7, 11) is 0. The highest BCUT2D eigenvalue weighted by Gasteiger charge is 2.23. The Morgan fingerprint density at radius 1 is 1.17 bits per heavy atom. The molecule has 2 amide bonds. The molecule has 8 heteroatoms. The first-order valence-electron chi connectivity index (χ1n) is 7.04. The Bertz CT molecular complexity index is 594. The number of carboxylic acids is 1. The van der Waals surface area contributed by atoms with E-state index in [-0.39, 0.29) is 6.42 Å². The largest absolute Gasteiger partial charge is 0.480 e. The van der Waals surface area contributed by atoms with Crippen LogP contribution in [-0.2, 0) is 20.8 Å². The highest BCUT2D eigenvalue weighted by Crippen LogP contribution is 2.06. The lowest BCUT2D eigenvalue weighted by Crippen LogP contribution is -2.53. The van der Waals surface area contributed by atoms with Crippen molar-refractivity contribution < 1.29 is 23.9 Å². The molecule has 0 saturated heterocycles. The van der Waals surface area contributed by atoms with Crippen molar-refractivity contribution >= 4 is 17.8 Å². The Labute approximate surface area is 133 Å². The predicted molar refractivity (Wildman–Crippen MR) is 80.9 cm³/mol. The van der Waals surface area contributed by atoms with E-state index in [1.807, 2.05) is 0 Å². The van der Waals surface area contributed by atoms with Crippen molar-refractivity contribution in [1.82, 2.24) is 10.6 Å². The summed E-state index contributed by atoms with van der Waals surface area (Å²) < 4.78 is 13.1. The molecule has 0 aliphatic rings. The van der Waals surface area contributed by atoms with E-state index in [4.69, 9.17) is 10.8 Å². The van der Waals surface area contributed by atoms with Crippen molar-refractivity contribution in [3.8, 4) is 0 Å². The number of rotatable bonds is 7. The molecule has 0 fully saturated rings. The molecule has 0 heterocycles. The minimum absolute atomic E-state index is 0.115. The van der Waals surface area contributed by atoms with Gasteiger partial charge in [0.1, 0.15) is 17.9 Å². The van der Waals surface area contributed by atoms with Crippen LogP contribution in [0, 0.1) is 5.82 Å². The Hall–Kier alpha value is -2.48. The van der Waals surface area contributed by atoms with Crippen LogP contribution < -0.4 is 16.4 Å². The van der Waals surface area contributed by atoms with Gasteiger partial charge in [-0.2, -0.15) is 0 Å². The molecule has 1 rings (SSSR count). The first-order valence-corrected chi connectivity index (χ1v) is 7.04. The van der Waals surface area contributed by atoms with Gasteiger partial charge < -0.3 is 21.5 Å². The van der Waals surface area contributed by atoms with E-state index in [1.54, 1.807) is 6.07 Å². The van der Waals surface area contributed by atoms with Crippen molar-refractivity contribution in [2.45, 2.75) is 38.4 Å². The van der Waals surface area contributed by atoms with Crippen LogP contribution in [-0.4, -0.2) is 41.0 Å². The van der Waals surface area contributed by atoms with Gasteiger partial charge in [-0.25, -0.2) is 4.39 Å². The summed E-state index contributed by atoms with van der Waals surface area (Å²) in [5.74, 6) is -2.82. The fourth-order valence-electron chi connectivity index (χ4n) is 1.80. The molecule has 7 nitrogen and oxygen atoms in total. The Morgan fingerprint density at radius 3 is 2.35 bits per heavy atom. The van der Waals surface area contributed by atoms with Gasteiger partial charge in [-0.1, -0.05) is 12.1 Å². The molecule has 5 N–H and O–H groups in total. The zero-order chi connectivity index (χ0) is 17.6. The van der Waals surface area contributed by atoms with Crippen molar-refractivity contribution in [1.29, 1.82) is 0 Å². The molecule has 1 aromatic rings. The maximum atomic E-state index is 13.1. The topological polar surface area (TPSA) is 122 Å². The third-order valence-corrected chi connectivity index (χ3v) is 3.16. The second kappa shape index (κ2) is 8.23. The molecule has 1 aromatic carbocycles. The van der Waals surface area contributed by atoms with E-state index in [2.05, 4.69) is 10.6 Å². The molecule has 0 aliphatic carbocycles. The van der Waals surface area contributed by atoms with Crippen molar-refractivity contribution in [3.63, 3.8) is 0 Å². The van der Waals surface area contributed by atoms with Gasteiger partial charge >= 0.3 is 5.97 Å². The fraction of sp³-hybridized carbons (Fsp3) is 0.400. The third kappa shape index (κ3) is 6.03. The van der Waals surface area contributed by atoms with Crippen LogP contribution in [0.1, 0.15) is 19.4 Å². The van der Waals surface area contributed by atoms with Gasteiger partial charge in [0.15, 0.2) is 0 Å². The number of carboxylic acid groups (broad SMARTS) is 1. The number of benzene rings is 1. The Balaban J connectivity index is 2.53. The second-order valence-electron chi connectivity index (χ2n) is 5.24. The summed E-state index contributed by atoms with van der Waals surface area (Å²) in [6.07, 6.45) is 0.115. The number of aliphatic carboxylic acids is 1. The van der Waals surface area contributed by atoms with Crippen LogP contribution in [0.15, 0.2) is 24.3 Å². The Morgan fingerprint density at radius 2 is 1.78 bits per heavy atom. The average Bonchev–Trinajstić information content (AvgIpc) is 2.46. The number of amides is 2. The number of halogens is 1. The first-order chi connectivity index (χ1) is 10.7. The van der Waals surface area contributed by atoms with Gasteiger partial charge in [0.2, 0.25) is 11.8 Å². The molecule has 0 radical (unpaired) electrons. The summed E-state index contributed by atoms with van der Waals surface area (Å²) >= 11 is 0. The molecular formula is C15H20FN3O4. The zero-order valence-corrected chi connectivity index (χ0v) is 12.9. The standard InChI is InChI=1S/C15H20FN3O4/c1-8(13(20)19-9(2)15(22)23)18-14(21)12(17)7-10-4-3-5-11(16)6-10/h3-6,8-9,12H,7,17H2,1-2H3,(H,18,21)(H,19,20)(H,22,23)/t8-,9-,12-/m0/s1. The summed E-state index contributed by atoms with van der Waals surface area (Å²) in [5, 5.41) is 13.3. The lowest BCUT2D eigenvalue weighted by atomic mass is 10.1. The first kappa shape index (κ1) is 18.6. The number of carbonyl (C=O) groups excluding carboxylic acids is 2. The predicted octanol–water partition coefficient (Wildman–Crippen LogP) is -0.210. The molecule has 0 aromatic heterocycles. The molecular weight excluding hydrogens is 305 g/mol. The van der Waals surface area contributed by atoms with Crippen LogP contribution >= 0.6 is 0 Å². The maximum absolute atomic E-state index is 13.1. The van der Waals surface area contributed by atoms with E-state index >= 15 is 0 Å². The number of hydrogen-bond donors (Lipinski definition) is 4. The molecule has 0 bridgehead atoms. The van der Waals surface area contributed by atoms with E-state index < -0.39 is 41.7 Å². The molecule has 0 spiro atoms. The monoisotopic (exact) mass is 325 g/mol. The average molecular weight is 325 g/mol. The number of hydrogen-bond acceptors (Lipinski definition) is 4. The van der Waals surface area contributed by atoms with Gasteiger partial charge in [0.25, 0.3) is 0 Å². The third-order valence-electron chi connectivity index (χ3n) is 3.16. The summed E-state index contributed by atoms with van der Waals surface area (Å²) in [6, 6.07) is 2.75. The zero-order valence-electron chi connectivity index (χ0n) is 12.9. The van der Waals surface area contributed by atoms with Gasteiger partial charge in [0, 0.05) is 0 Å². The van der Waals surface area contributed by atoms with E-state index in [0.29, 0.717) is 5.56 Å². The molecule has 0 aliphatic heterocycles. The summed E-state index contributed by atoms with van der Waals surface area (Å²) in [5.41, 5.74) is 6.30. The minimum atomic E-state index is -1.18. The van der Waals surface area contributed by atoms with Gasteiger partial charge in [0.05, 0.1) is 6.04 Å². The van der Waals surface area contributed by atoms with Crippen LogP contribution in [0.3, 0.4) is 0 Å². The quantitative estimate of drug-likeness (QED) is 0.553. The van der Waals surface area contributed by atoms with Crippen LogP contribution in [0.2, 0.25) is 0 Å². The second-order valence-corrected chi connectivity index (χ2v) is 5.24. The normalized spacial score (nSPS) is 14.4. The molecule has 3 atom stereocenters. The fourth-order valence-corrected chi connectivity index (χ4v) is 1.80. The smallest absolute Gasteiger partial charge is 0.325 e. The van der Waals surface area contributed by atoms with E-state index in [9.17, 15) is 18.8 Å². The highest BCUT2D eigenvalue weighted by atomic mass is 19.1. The Kier molecular flexibility index (Phi) is 6.65. The van der Waals surface area contributed by atoms with Crippen LogP contribution in [0.4, 0.5) is 4.39 Å². The molecule has 23 heavy (non-hydrogen) atoms. The SMILES string of the molecule is C[C@H](NC(=O)[C@H](C)NC(=O)[C@@H](N)Cc1cccc(F)c1)C(=O)O. The van der Waals surface area contributed by atoms with Crippen molar-refractivity contribution in [2.24, 2.45) is 5.73 Å². The lowest BCUT2D eigenvalue weighted by Gasteiger charge is -2.18. The van der Waals surface area contributed by atoms with E-state index in [0.717, 1.165) is 0 Å². The summed E-state index contributed by atoms with van der Waals surface area (Å²) in [6.45, 7) is 2.72. The van der Waals surface area contributed by atoms with Crippen molar-refractivity contribution in [2.75, 3.05) is 0 Å². The number of nitrogens with one attached hydrogen (secondary N) is 2. The van der Waals surface area contributed by atoms with Crippen LogP contribution in [0.25, 0.3) is 0 Å². The number of nitrogens with two attached hydrogens (primary N) is 1. The van der Waals surface area contributed by atoms with Gasteiger partial charge in [-0.3, -0.25) is 14.4 Å². The van der Waals surface area contributed by atoms with Crippen LogP contribution in [0.5, 0.6) is 0 Å². The number of carbonyl (C=O) groups is 3. The molecule has 0 unspecified atom stereocenters. The molecule has 126 valence electrons. The summed E-state index contributed by atoms with van der Waals surface area (Å²) in [4.78, 5) is 34.3. The van der Waals surface area contributed by atoms with Gasteiger partial charge in [-0.15, -0.1) is 0 Å². The highest BCUT2D eigenvalue weighted by molar-refractivity contribution is 5.91. The van der Waals surface area contributed by atoms with Crippen molar-refractivity contribution in [3.05, 3.63) is 35.6 Å². The maximum Gasteiger partial charge on any atom is 0.325 e.